The van der Waals surface area contributed by atoms with Crippen LogP contribution in [0.5, 0.6) is 0 Å². The van der Waals surface area contributed by atoms with Gasteiger partial charge < -0.3 is 5.32 Å². The smallest absolute Gasteiger partial charge is 0.276 e. The molecule has 0 fully saturated rings. The van der Waals surface area contributed by atoms with Crippen LogP contribution in [0.25, 0.3) is 10.9 Å². The van der Waals surface area contributed by atoms with Gasteiger partial charge in [-0.15, -0.1) is 0 Å². The molecule has 104 valence electrons. The molecule has 2 aromatic carbocycles. The van der Waals surface area contributed by atoms with Gasteiger partial charge >= 0.3 is 0 Å². The highest BCUT2D eigenvalue weighted by molar-refractivity contribution is 5.97. The standard InChI is InChI=1S/C16H13N3O2/c20-16(19-21)12-8-11-6-7-14(9-15(11)17-10-12)18-13-4-2-1-3-5-13/h1-10,18,21H,(H,19,20). The summed E-state index contributed by atoms with van der Waals surface area (Å²) < 4.78 is 0. The van der Waals surface area contributed by atoms with Gasteiger partial charge in [0.2, 0.25) is 0 Å². The zero-order valence-corrected chi connectivity index (χ0v) is 11.1. The van der Waals surface area contributed by atoms with Crippen LogP contribution >= 0.6 is 0 Å². The average Bonchev–Trinajstić information content (AvgIpc) is 2.54. The Bertz CT molecular complexity index is 788. The maximum atomic E-state index is 11.4. The molecule has 3 aromatic rings. The Morgan fingerprint density at radius 3 is 2.57 bits per heavy atom. The van der Waals surface area contributed by atoms with E-state index in [1.807, 2.05) is 48.5 Å². The molecule has 0 aliphatic carbocycles. The third kappa shape index (κ3) is 2.82. The highest BCUT2D eigenvalue weighted by Gasteiger charge is 2.06. The highest BCUT2D eigenvalue weighted by atomic mass is 16.5. The Hall–Kier alpha value is -2.92. The molecule has 5 nitrogen and oxygen atoms in total. The van der Waals surface area contributed by atoms with E-state index in [0.29, 0.717) is 5.56 Å². The van der Waals surface area contributed by atoms with Crippen molar-refractivity contribution in [1.29, 1.82) is 0 Å². The number of pyridine rings is 1. The minimum atomic E-state index is -0.573. The zero-order chi connectivity index (χ0) is 14.7. The molecule has 0 atom stereocenters. The van der Waals surface area contributed by atoms with E-state index >= 15 is 0 Å². The second kappa shape index (κ2) is 5.60. The van der Waals surface area contributed by atoms with Crippen molar-refractivity contribution in [2.24, 2.45) is 0 Å². The van der Waals surface area contributed by atoms with Crippen LogP contribution in [0.2, 0.25) is 0 Å². The summed E-state index contributed by atoms with van der Waals surface area (Å²) in [6.07, 6.45) is 1.43. The summed E-state index contributed by atoms with van der Waals surface area (Å²) in [5.74, 6) is -0.573. The SMILES string of the molecule is O=C(NO)c1cnc2cc(Nc3ccccc3)ccc2c1. The maximum Gasteiger partial charge on any atom is 0.276 e. The molecule has 1 amide bonds. The summed E-state index contributed by atoms with van der Waals surface area (Å²) in [6, 6.07) is 17.2. The van der Waals surface area contributed by atoms with Crippen LogP contribution in [-0.2, 0) is 0 Å². The number of anilines is 2. The van der Waals surface area contributed by atoms with Crippen LogP contribution < -0.4 is 10.8 Å². The Kier molecular flexibility index (Phi) is 3.49. The summed E-state index contributed by atoms with van der Waals surface area (Å²) >= 11 is 0. The summed E-state index contributed by atoms with van der Waals surface area (Å²) in [4.78, 5) is 15.6. The van der Waals surface area contributed by atoms with Crippen molar-refractivity contribution in [3.05, 3.63) is 66.4 Å². The van der Waals surface area contributed by atoms with Crippen molar-refractivity contribution in [1.82, 2.24) is 10.5 Å². The first-order valence-electron chi connectivity index (χ1n) is 6.42. The molecule has 1 aromatic heterocycles. The summed E-state index contributed by atoms with van der Waals surface area (Å²) in [7, 11) is 0. The molecule has 5 heteroatoms. The van der Waals surface area contributed by atoms with E-state index in [4.69, 9.17) is 5.21 Å². The maximum absolute atomic E-state index is 11.4. The first kappa shape index (κ1) is 13.1. The molecular weight excluding hydrogens is 266 g/mol. The van der Waals surface area contributed by atoms with Gasteiger partial charge in [0, 0.05) is 23.0 Å². The van der Waals surface area contributed by atoms with E-state index in [-0.39, 0.29) is 0 Å². The molecule has 0 radical (unpaired) electrons. The molecule has 0 saturated carbocycles. The lowest BCUT2D eigenvalue weighted by Crippen LogP contribution is -2.18. The predicted octanol–water partition coefficient (Wildman–Crippen LogP) is 3.10. The molecule has 0 spiro atoms. The van der Waals surface area contributed by atoms with Crippen molar-refractivity contribution >= 4 is 28.2 Å². The van der Waals surface area contributed by atoms with Crippen molar-refractivity contribution in [2.45, 2.75) is 0 Å². The fourth-order valence-corrected chi connectivity index (χ4v) is 2.08. The zero-order valence-electron chi connectivity index (χ0n) is 11.1. The fraction of sp³-hybridized carbons (Fsp3) is 0. The number of carbonyl (C=O) groups is 1. The van der Waals surface area contributed by atoms with Gasteiger partial charge in [-0.25, -0.2) is 5.48 Å². The Morgan fingerprint density at radius 1 is 1.00 bits per heavy atom. The number of aromatic nitrogens is 1. The molecule has 0 bridgehead atoms. The van der Waals surface area contributed by atoms with Gasteiger partial charge in [0.05, 0.1) is 11.1 Å². The van der Waals surface area contributed by atoms with E-state index < -0.39 is 5.91 Å². The molecule has 0 aliphatic rings. The minimum absolute atomic E-state index is 0.314. The fourth-order valence-electron chi connectivity index (χ4n) is 2.08. The van der Waals surface area contributed by atoms with E-state index in [1.165, 1.54) is 6.20 Å². The molecule has 0 aliphatic heterocycles. The van der Waals surface area contributed by atoms with Crippen LogP contribution in [0.4, 0.5) is 11.4 Å². The number of amides is 1. The van der Waals surface area contributed by atoms with Crippen molar-refractivity contribution in [3.63, 3.8) is 0 Å². The van der Waals surface area contributed by atoms with Gasteiger partial charge in [0.25, 0.3) is 5.91 Å². The number of nitrogens with zero attached hydrogens (tertiary/aromatic N) is 1. The first-order chi connectivity index (χ1) is 10.3. The molecule has 0 unspecified atom stereocenters. The second-order valence-electron chi connectivity index (χ2n) is 4.56. The number of rotatable bonds is 3. The second-order valence-corrected chi connectivity index (χ2v) is 4.56. The van der Waals surface area contributed by atoms with E-state index in [2.05, 4.69) is 10.3 Å². The number of hydroxylamine groups is 1. The van der Waals surface area contributed by atoms with Crippen LogP contribution in [0, 0.1) is 0 Å². The lowest BCUT2D eigenvalue weighted by atomic mass is 10.1. The number of fused-ring (bicyclic) bond motifs is 1. The van der Waals surface area contributed by atoms with Gasteiger partial charge in [-0.3, -0.25) is 15.0 Å². The van der Waals surface area contributed by atoms with E-state index in [1.54, 1.807) is 11.5 Å². The quantitative estimate of drug-likeness (QED) is 0.509. The van der Waals surface area contributed by atoms with E-state index in [0.717, 1.165) is 22.3 Å². The van der Waals surface area contributed by atoms with Gasteiger partial charge in [-0.2, -0.15) is 0 Å². The van der Waals surface area contributed by atoms with Gasteiger partial charge in [0.15, 0.2) is 0 Å². The molecular formula is C16H13N3O2. The van der Waals surface area contributed by atoms with Crippen molar-refractivity contribution in [3.8, 4) is 0 Å². The van der Waals surface area contributed by atoms with Crippen LogP contribution in [0.3, 0.4) is 0 Å². The number of benzene rings is 2. The third-order valence-corrected chi connectivity index (χ3v) is 3.11. The number of para-hydroxylation sites is 1. The Morgan fingerprint density at radius 2 is 1.81 bits per heavy atom. The molecule has 21 heavy (non-hydrogen) atoms. The highest BCUT2D eigenvalue weighted by Crippen LogP contribution is 2.21. The monoisotopic (exact) mass is 279 g/mol. The largest absolute Gasteiger partial charge is 0.355 e. The third-order valence-electron chi connectivity index (χ3n) is 3.11. The molecule has 3 rings (SSSR count). The van der Waals surface area contributed by atoms with Crippen LogP contribution in [-0.4, -0.2) is 16.1 Å². The normalized spacial score (nSPS) is 10.3. The van der Waals surface area contributed by atoms with Crippen LogP contribution in [0.1, 0.15) is 10.4 Å². The molecule has 1 heterocycles. The summed E-state index contributed by atoms with van der Waals surface area (Å²) in [5.41, 5.74) is 4.59. The van der Waals surface area contributed by atoms with Crippen LogP contribution in [0.15, 0.2) is 60.8 Å². The van der Waals surface area contributed by atoms with Gasteiger partial charge in [-0.1, -0.05) is 24.3 Å². The Balaban J connectivity index is 1.92. The minimum Gasteiger partial charge on any atom is -0.355 e. The van der Waals surface area contributed by atoms with Crippen molar-refractivity contribution in [2.75, 3.05) is 5.32 Å². The number of hydrogen-bond acceptors (Lipinski definition) is 4. The first-order valence-corrected chi connectivity index (χ1v) is 6.42. The summed E-state index contributed by atoms with van der Waals surface area (Å²) in [5, 5.41) is 12.7. The lowest BCUT2D eigenvalue weighted by molar-refractivity contribution is 0.0706. The molecule has 0 saturated heterocycles. The Labute approximate surface area is 121 Å². The van der Waals surface area contributed by atoms with E-state index in [9.17, 15) is 4.79 Å². The number of carbonyl (C=O) groups excluding carboxylic acids is 1. The molecule has 3 N–H and O–H groups in total. The average molecular weight is 279 g/mol. The topological polar surface area (TPSA) is 74.2 Å². The predicted molar refractivity (Wildman–Crippen MR) is 80.7 cm³/mol. The number of nitrogens with one attached hydrogen (secondary N) is 2. The van der Waals surface area contributed by atoms with Gasteiger partial charge in [-0.05, 0) is 30.3 Å². The lowest BCUT2D eigenvalue weighted by Gasteiger charge is -2.07. The van der Waals surface area contributed by atoms with Gasteiger partial charge in [0.1, 0.15) is 0 Å². The van der Waals surface area contributed by atoms with Crippen molar-refractivity contribution < 1.29 is 10.0 Å². The number of hydrogen-bond donors (Lipinski definition) is 3. The summed E-state index contributed by atoms with van der Waals surface area (Å²) in [6.45, 7) is 0.